The van der Waals surface area contributed by atoms with Gasteiger partial charge in [-0.05, 0) is 39.9 Å². The molecule has 2 aromatic heterocycles. The molecule has 0 unspecified atom stereocenters. The van der Waals surface area contributed by atoms with Gasteiger partial charge in [0.1, 0.15) is 10.3 Å². The molecule has 0 fully saturated rings. The first-order valence-electron chi connectivity index (χ1n) is 6.51. The molecular formula is C12H12BrClN5O4PS. The molecule has 0 radical (unpaired) electrons. The van der Waals surface area contributed by atoms with Crippen molar-refractivity contribution in [2.24, 2.45) is 0 Å². The van der Waals surface area contributed by atoms with E-state index in [2.05, 4.69) is 36.4 Å². The number of imide groups is 1. The van der Waals surface area contributed by atoms with Gasteiger partial charge in [0.15, 0.2) is 5.82 Å². The number of carbonyl (C=O) groups is 2. The van der Waals surface area contributed by atoms with Crippen molar-refractivity contribution in [1.82, 2.24) is 25.2 Å². The Kier molecular flexibility index (Phi) is 6.66. The SMILES string of the molecule is COP(=S)(NC(=O)NC(=O)c1cc(Br)nn1-c1ncccc1Cl)OC. The third kappa shape index (κ3) is 4.84. The smallest absolute Gasteiger partial charge is 0.317 e. The molecule has 134 valence electrons. The monoisotopic (exact) mass is 467 g/mol. The maximum atomic E-state index is 12.4. The highest BCUT2D eigenvalue weighted by Gasteiger charge is 2.23. The minimum Gasteiger partial charge on any atom is -0.317 e. The Balaban J connectivity index is 2.25. The highest BCUT2D eigenvalue weighted by atomic mass is 79.9. The molecule has 25 heavy (non-hydrogen) atoms. The zero-order valence-corrected chi connectivity index (χ0v) is 16.9. The Morgan fingerprint density at radius 3 is 2.68 bits per heavy atom. The van der Waals surface area contributed by atoms with E-state index in [4.69, 9.17) is 32.5 Å². The normalized spacial score (nSPS) is 11.2. The fourth-order valence-corrected chi connectivity index (χ4v) is 3.16. The fourth-order valence-electron chi connectivity index (χ4n) is 1.69. The van der Waals surface area contributed by atoms with Crippen molar-refractivity contribution in [2.45, 2.75) is 0 Å². The molecule has 0 bridgehead atoms. The first-order valence-corrected chi connectivity index (χ1v) is 10.3. The van der Waals surface area contributed by atoms with Crippen LogP contribution in [0.5, 0.6) is 0 Å². The summed E-state index contributed by atoms with van der Waals surface area (Å²) < 4.78 is 11.4. The molecule has 0 spiro atoms. The lowest BCUT2D eigenvalue weighted by Crippen LogP contribution is -2.39. The number of amides is 3. The molecule has 0 aliphatic carbocycles. The van der Waals surface area contributed by atoms with Crippen molar-refractivity contribution < 1.29 is 18.6 Å². The summed E-state index contributed by atoms with van der Waals surface area (Å²) >= 11 is 14.3. The van der Waals surface area contributed by atoms with Gasteiger partial charge in [0.2, 0.25) is 0 Å². The van der Waals surface area contributed by atoms with Gasteiger partial charge in [-0.1, -0.05) is 11.6 Å². The van der Waals surface area contributed by atoms with Gasteiger partial charge in [-0.3, -0.25) is 15.2 Å². The summed E-state index contributed by atoms with van der Waals surface area (Å²) in [5, 5.41) is 8.81. The number of hydrogen-bond acceptors (Lipinski definition) is 7. The van der Waals surface area contributed by atoms with Crippen molar-refractivity contribution in [1.29, 1.82) is 0 Å². The second kappa shape index (κ2) is 8.35. The van der Waals surface area contributed by atoms with Gasteiger partial charge in [-0.15, -0.1) is 0 Å². The first-order chi connectivity index (χ1) is 11.8. The summed E-state index contributed by atoms with van der Waals surface area (Å²) in [6.07, 6.45) is 1.50. The lowest BCUT2D eigenvalue weighted by atomic mass is 10.4. The molecule has 3 amide bonds. The van der Waals surface area contributed by atoms with E-state index in [1.54, 1.807) is 12.1 Å². The summed E-state index contributed by atoms with van der Waals surface area (Å²) in [4.78, 5) is 28.5. The lowest BCUT2D eigenvalue weighted by molar-refractivity contribution is 0.0957. The molecule has 0 aromatic carbocycles. The van der Waals surface area contributed by atoms with Crippen LogP contribution in [-0.4, -0.2) is 40.9 Å². The number of urea groups is 1. The molecule has 13 heteroatoms. The third-order valence-corrected chi connectivity index (χ3v) is 6.09. The number of nitrogens with zero attached hydrogens (tertiary/aromatic N) is 3. The summed E-state index contributed by atoms with van der Waals surface area (Å²) in [7, 11) is 2.59. The van der Waals surface area contributed by atoms with Gasteiger partial charge in [0.05, 0.1) is 5.02 Å². The Morgan fingerprint density at radius 2 is 2.08 bits per heavy atom. The summed E-state index contributed by atoms with van der Waals surface area (Å²) in [5.74, 6) is -0.509. The number of aromatic nitrogens is 3. The maximum Gasteiger partial charge on any atom is 0.328 e. The fraction of sp³-hybridized carbons (Fsp3) is 0.167. The van der Waals surface area contributed by atoms with Crippen LogP contribution in [0.3, 0.4) is 0 Å². The molecule has 0 aliphatic heterocycles. The third-order valence-electron chi connectivity index (χ3n) is 2.80. The maximum absolute atomic E-state index is 12.4. The van der Waals surface area contributed by atoms with Crippen molar-refractivity contribution in [3.8, 4) is 5.82 Å². The average molecular weight is 469 g/mol. The summed E-state index contributed by atoms with van der Waals surface area (Å²) in [5.41, 5.74) is 0.0331. The quantitative estimate of drug-likeness (QED) is 0.650. The molecule has 2 aromatic rings. The van der Waals surface area contributed by atoms with Crippen LogP contribution in [0.4, 0.5) is 4.79 Å². The predicted octanol–water partition coefficient (Wildman–Crippen LogP) is 2.64. The largest absolute Gasteiger partial charge is 0.328 e. The van der Waals surface area contributed by atoms with Gasteiger partial charge in [0.25, 0.3) is 12.5 Å². The Bertz CT molecular complexity index is 856. The van der Waals surface area contributed by atoms with Gasteiger partial charge in [-0.25, -0.2) is 14.5 Å². The Hall–Kier alpha value is -1.36. The zero-order valence-electron chi connectivity index (χ0n) is 12.9. The summed E-state index contributed by atoms with van der Waals surface area (Å²) in [6, 6.07) is 3.78. The molecule has 9 nitrogen and oxygen atoms in total. The predicted molar refractivity (Wildman–Crippen MR) is 98.4 cm³/mol. The lowest BCUT2D eigenvalue weighted by Gasteiger charge is -2.18. The zero-order chi connectivity index (χ0) is 18.6. The molecule has 0 atom stereocenters. The highest BCUT2D eigenvalue weighted by molar-refractivity contribution is 9.10. The molecule has 0 aliphatic rings. The van der Waals surface area contributed by atoms with Crippen molar-refractivity contribution in [3.63, 3.8) is 0 Å². The van der Waals surface area contributed by atoms with Crippen LogP contribution in [0.15, 0.2) is 29.0 Å². The second-order valence-corrected chi connectivity index (χ2v) is 8.94. The Labute approximate surface area is 161 Å². The van der Waals surface area contributed by atoms with E-state index in [1.165, 1.54) is 31.2 Å². The van der Waals surface area contributed by atoms with Crippen LogP contribution in [0.2, 0.25) is 5.02 Å². The molecule has 0 saturated carbocycles. The number of pyridine rings is 1. The Morgan fingerprint density at radius 1 is 1.40 bits per heavy atom. The van der Waals surface area contributed by atoms with E-state index in [-0.39, 0.29) is 16.5 Å². The van der Waals surface area contributed by atoms with Crippen LogP contribution < -0.4 is 10.4 Å². The van der Waals surface area contributed by atoms with Crippen LogP contribution in [-0.2, 0) is 20.9 Å². The van der Waals surface area contributed by atoms with Crippen LogP contribution in [0.25, 0.3) is 5.82 Å². The van der Waals surface area contributed by atoms with Gasteiger partial charge in [-0.2, -0.15) is 5.10 Å². The van der Waals surface area contributed by atoms with Gasteiger partial charge < -0.3 is 9.05 Å². The van der Waals surface area contributed by atoms with Crippen LogP contribution in [0, 0.1) is 0 Å². The number of carbonyl (C=O) groups excluding carboxylic acids is 2. The van der Waals surface area contributed by atoms with Crippen molar-refractivity contribution in [3.05, 3.63) is 39.7 Å². The van der Waals surface area contributed by atoms with E-state index in [1.807, 2.05) is 0 Å². The van der Waals surface area contributed by atoms with E-state index in [9.17, 15) is 9.59 Å². The van der Waals surface area contributed by atoms with E-state index in [0.29, 0.717) is 4.60 Å². The molecule has 2 heterocycles. The van der Waals surface area contributed by atoms with Crippen LogP contribution >= 0.6 is 34.2 Å². The summed E-state index contributed by atoms with van der Waals surface area (Å²) in [6.45, 7) is -3.00. The van der Waals surface area contributed by atoms with Crippen molar-refractivity contribution in [2.75, 3.05) is 14.2 Å². The van der Waals surface area contributed by atoms with E-state index >= 15 is 0 Å². The number of rotatable bonds is 5. The highest BCUT2D eigenvalue weighted by Crippen LogP contribution is 2.41. The topological polar surface area (TPSA) is 107 Å². The van der Waals surface area contributed by atoms with Gasteiger partial charge in [0, 0.05) is 26.5 Å². The minimum absolute atomic E-state index is 0.0331. The number of nitrogens with one attached hydrogen (secondary N) is 2. The van der Waals surface area contributed by atoms with E-state index < -0.39 is 18.6 Å². The first kappa shape index (κ1) is 20.0. The molecule has 2 N–H and O–H groups in total. The second-order valence-electron chi connectivity index (χ2n) is 4.33. The van der Waals surface area contributed by atoms with Gasteiger partial charge >= 0.3 is 6.03 Å². The molecule has 0 saturated heterocycles. The molecular weight excluding hydrogens is 457 g/mol. The standard InChI is InChI=1S/C12H12BrClN5O4PS/c1-22-24(25,23-2)18-12(21)16-11(20)8-6-9(13)17-19(8)10-7(14)4-3-5-15-10/h3-6H,1-2H3,(H2,16,18,20,21,25). The van der Waals surface area contributed by atoms with E-state index in [0.717, 1.165) is 0 Å². The van der Waals surface area contributed by atoms with Crippen LogP contribution in [0.1, 0.15) is 10.5 Å². The minimum atomic E-state index is -3.00. The van der Waals surface area contributed by atoms with Crippen molar-refractivity contribution >= 4 is 57.9 Å². The number of hydrogen-bond donors (Lipinski definition) is 2. The average Bonchev–Trinajstić information content (AvgIpc) is 2.96. The molecule has 2 rings (SSSR count). The number of halogens is 2.